The van der Waals surface area contributed by atoms with Gasteiger partial charge >= 0.3 is 0 Å². The molecule has 0 saturated carbocycles. The quantitative estimate of drug-likeness (QED) is 0.407. The number of hydrogen-bond donors (Lipinski definition) is 1. The van der Waals surface area contributed by atoms with Crippen LogP contribution in [0.4, 0.5) is 0 Å². The van der Waals surface area contributed by atoms with Crippen LogP contribution in [0.15, 0.2) is 46.3 Å². The lowest BCUT2D eigenvalue weighted by molar-refractivity contribution is 0.427. The van der Waals surface area contributed by atoms with Crippen molar-refractivity contribution in [2.24, 2.45) is 0 Å². The second kappa shape index (κ2) is 6.04. The van der Waals surface area contributed by atoms with Gasteiger partial charge in [-0.2, -0.15) is 0 Å². The molecule has 0 bridgehead atoms. The number of aliphatic hydroxyl groups excluding tert-OH is 1. The molecule has 1 aromatic carbocycles. The zero-order chi connectivity index (χ0) is 14.0. The van der Waals surface area contributed by atoms with Gasteiger partial charge in [0.2, 0.25) is 0 Å². The van der Waals surface area contributed by atoms with E-state index in [0.717, 1.165) is 14.6 Å². The summed E-state index contributed by atoms with van der Waals surface area (Å²) in [6.07, 6.45) is 3.35. The molecule has 6 heteroatoms. The number of fused-ring (bicyclic) bond motifs is 1. The number of hydrogen-bond acceptors (Lipinski definition) is 3. The Labute approximate surface area is 138 Å². The number of halogens is 2. The van der Waals surface area contributed by atoms with E-state index in [-0.39, 0.29) is 5.76 Å². The third kappa shape index (κ3) is 2.99. The summed E-state index contributed by atoms with van der Waals surface area (Å²) in [6.45, 7) is 5.47. The van der Waals surface area contributed by atoms with Crippen LogP contribution >= 0.6 is 45.2 Å². The zero-order valence-electron chi connectivity index (χ0n) is 10.1. The molecular formula is C13H11I2N3O. The molecule has 0 aliphatic rings. The second-order valence-electron chi connectivity index (χ2n) is 3.70. The Hall–Kier alpha value is -0.900. The lowest BCUT2D eigenvalue weighted by Gasteiger charge is -2.05. The van der Waals surface area contributed by atoms with Crippen LogP contribution < -0.4 is 0 Å². The molecule has 0 aliphatic heterocycles. The molecule has 0 aliphatic carbocycles. The fraction of sp³-hybridized carbons (Fsp3) is 0.0769. The average Bonchev–Trinajstić information content (AvgIpc) is 2.80. The zero-order valence-corrected chi connectivity index (χ0v) is 14.5. The van der Waals surface area contributed by atoms with Gasteiger partial charge < -0.3 is 5.11 Å². The highest BCUT2D eigenvalue weighted by atomic mass is 127. The molecule has 2 rings (SSSR count). The molecule has 1 heterocycles. The van der Waals surface area contributed by atoms with Gasteiger partial charge in [-0.05, 0) is 70.3 Å². The molecule has 0 radical (unpaired) electrons. The predicted molar refractivity (Wildman–Crippen MR) is 94.1 cm³/mol. The van der Waals surface area contributed by atoms with Gasteiger partial charge in [0.05, 0.1) is 3.58 Å². The summed E-state index contributed by atoms with van der Waals surface area (Å²) >= 11 is 4.25. The van der Waals surface area contributed by atoms with E-state index in [1.54, 1.807) is 12.2 Å². The van der Waals surface area contributed by atoms with Crippen molar-refractivity contribution in [2.45, 2.75) is 6.92 Å². The molecule has 19 heavy (non-hydrogen) atoms. The second-order valence-corrected chi connectivity index (χ2v) is 6.10. The van der Waals surface area contributed by atoms with E-state index >= 15 is 0 Å². The van der Waals surface area contributed by atoms with Gasteiger partial charge in [0.25, 0.3) is 0 Å². The Kier molecular flexibility index (Phi) is 4.61. The van der Waals surface area contributed by atoms with Crippen molar-refractivity contribution in [3.8, 4) is 0 Å². The minimum Gasteiger partial charge on any atom is -0.505 e. The lowest BCUT2D eigenvalue weighted by atomic mass is 10.3. The smallest absolute Gasteiger partial charge is 0.156 e. The van der Waals surface area contributed by atoms with Crippen molar-refractivity contribution in [3.63, 3.8) is 0 Å². The molecule has 2 aromatic rings. The van der Waals surface area contributed by atoms with Crippen molar-refractivity contribution in [1.29, 1.82) is 0 Å². The SMILES string of the molecule is C=C/C(I)=C(O)\C(=C/C)n1nc2ccc(I)cc2n1. The number of rotatable bonds is 3. The normalized spacial score (nSPS) is 13.5. The highest BCUT2D eigenvalue weighted by molar-refractivity contribution is 14.1. The first-order chi connectivity index (χ1) is 9.06. The van der Waals surface area contributed by atoms with E-state index < -0.39 is 0 Å². The standard InChI is InChI=1S/C13H11I2N3O/c1-3-9(15)13(19)12(4-2)18-16-10-6-5-8(14)7-11(10)17-18/h3-7,19H,1H2,2H3/b12-4+,13-9-. The van der Waals surface area contributed by atoms with Crippen molar-refractivity contribution >= 4 is 61.9 Å². The fourth-order valence-electron chi connectivity index (χ4n) is 1.56. The highest BCUT2D eigenvalue weighted by Crippen LogP contribution is 2.22. The van der Waals surface area contributed by atoms with Crippen LogP contribution in [0.2, 0.25) is 0 Å². The summed E-state index contributed by atoms with van der Waals surface area (Å²) in [6, 6.07) is 5.83. The summed E-state index contributed by atoms with van der Waals surface area (Å²) < 4.78 is 1.75. The molecule has 0 fully saturated rings. The Balaban J connectivity index is 2.57. The van der Waals surface area contributed by atoms with Gasteiger partial charge in [-0.3, -0.25) is 0 Å². The van der Waals surface area contributed by atoms with E-state index in [0.29, 0.717) is 9.28 Å². The predicted octanol–water partition coefficient (Wildman–Crippen LogP) is 4.29. The van der Waals surface area contributed by atoms with Crippen molar-refractivity contribution in [2.75, 3.05) is 0 Å². The van der Waals surface area contributed by atoms with Crippen LogP contribution in [0.5, 0.6) is 0 Å². The summed E-state index contributed by atoms with van der Waals surface area (Å²) in [5, 5.41) is 18.9. The topological polar surface area (TPSA) is 50.9 Å². The number of allylic oxidation sites excluding steroid dienone is 4. The van der Waals surface area contributed by atoms with Gasteiger partial charge in [0.15, 0.2) is 5.76 Å². The van der Waals surface area contributed by atoms with Crippen LogP contribution in [0, 0.1) is 3.57 Å². The Morgan fingerprint density at radius 3 is 2.68 bits per heavy atom. The van der Waals surface area contributed by atoms with Crippen LogP contribution in [-0.4, -0.2) is 20.1 Å². The monoisotopic (exact) mass is 479 g/mol. The van der Waals surface area contributed by atoms with E-state index in [1.165, 1.54) is 4.80 Å². The molecule has 0 amide bonds. The minimum atomic E-state index is 0.119. The Bertz CT molecular complexity index is 701. The number of aliphatic hydroxyl groups is 1. The summed E-state index contributed by atoms with van der Waals surface area (Å²) in [5.41, 5.74) is 2.13. The van der Waals surface area contributed by atoms with Gasteiger partial charge in [-0.1, -0.05) is 18.7 Å². The molecule has 4 nitrogen and oxygen atoms in total. The molecule has 0 spiro atoms. The van der Waals surface area contributed by atoms with Crippen LogP contribution in [-0.2, 0) is 0 Å². The lowest BCUT2D eigenvalue weighted by Crippen LogP contribution is -2.04. The number of aromatic nitrogens is 3. The van der Waals surface area contributed by atoms with Crippen LogP contribution in [0.1, 0.15) is 6.92 Å². The maximum absolute atomic E-state index is 10.1. The van der Waals surface area contributed by atoms with Crippen LogP contribution in [0.3, 0.4) is 0 Å². The first-order valence-electron chi connectivity index (χ1n) is 5.47. The van der Waals surface area contributed by atoms with Gasteiger partial charge in [0, 0.05) is 3.57 Å². The molecule has 1 N–H and O–H groups in total. The number of nitrogens with zero attached hydrogens (tertiary/aromatic N) is 3. The molecule has 98 valence electrons. The molecule has 0 saturated heterocycles. The largest absolute Gasteiger partial charge is 0.505 e. The average molecular weight is 479 g/mol. The highest BCUT2D eigenvalue weighted by Gasteiger charge is 2.12. The van der Waals surface area contributed by atoms with E-state index in [9.17, 15) is 5.11 Å². The summed E-state index contributed by atoms with van der Waals surface area (Å²) in [4.78, 5) is 1.44. The molecule has 0 unspecified atom stereocenters. The Morgan fingerprint density at radius 2 is 2.05 bits per heavy atom. The third-order valence-corrected chi connectivity index (χ3v) is 4.10. The van der Waals surface area contributed by atoms with Gasteiger partial charge in [0.1, 0.15) is 16.7 Å². The molecule has 1 aromatic heterocycles. The van der Waals surface area contributed by atoms with E-state index in [1.807, 2.05) is 47.7 Å². The fourth-order valence-corrected chi connectivity index (χ4v) is 2.31. The van der Waals surface area contributed by atoms with E-state index in [4.69, 9.17) is 0 Å². The Morgan fingerprint density at radius 1 is 1.37 bits per heavy atom. The first-order valence-corrected chi connectivity index (χ1v) is 7.63. The maximum Gasteiger partial charge on any atom is 0.156 e. The molecular weight excluding hydrogens is 468 g/mol. The van der Waals surface area contributed by atoms with Crippen molar-refractivity contribution in [1.82, 2.24) is 15.0 Å². The van der Waals surface area contributed by atoms with E-state index in [2.05, 4.69) is 39.4 Å². The van der Waals surface area contributed by atoms with Crippen molar-refractivity contribution < 1.29 is 5.11 Å². The molecule has 0 atom stereocenters. The number of benzene rings is 1. The third-order valence-electron chi connectivity index (χ3n) is 2.48. The van der Waals surface area contributed by atoms with Gasteiger partial charge in [-0.25, -0.2) is 0 Å². The maximum atomic E-state index is 10.1. The minimum absolute atomic E-state index is 0.119. The van der Waals surface area contributed by atoms with Crippen LogP contribution in [0.25, 0.3) is 16.7 Å². The first kappa shape index (κ1) is 14.5. The van der Waals surface area contributed by atoms with Crippen molar-refractivity contribution in [3.05, 3.63) is 49.8 Å². The summed E-state index contributed by atoms with van der Waals surface area (Å²) in [5.74, 6) is 0.119. The summed E-state index contributed by atoms with van der Waals surface area (Å²) in [7, 11) is 0. The van der Waals surface area contributed by atoms with Gasteiger partial charge in [-0.15, -0.1) is 15.0 Å².